The molecule has 0 fully saturated rings. The van der Waals surface area contributed by atoms with Crippen molar-refractivity contribution in [2.24, 2.45) is 0 Å². The minimum absolute atomic E-state index is 0.231. The van der Waals surface area contributed by atoms with Crippen LogP contribution in [0.1, 0.15) is 23.7 Å². The fourth-order valence-corrected chi connectivity index (χ4v) is 2.96. The van der Waals surface area contributed by atoms with Gasteiger partial charge < -0.3 is 15.2 Å². The Kier molecular flexibility index (Phi) is 3.98. The number of fused-ring (bicyclic) bond motifs is 1. The first-order chi connectivity index (χ1) is 12.2. The quantitative estimate of drug-likeness (QED) is 0.755. The van der Waals surface area contributed by atoms with Crippen molar-refractivity contribution < 1.29 is 13.9 Å². The van der Waals surface area contributed by atoms with Crippen molar-refractivity contribution in [1.29, 1.82) is 0 Å². The molecule has 0 amide bonds. The zero-order valence-electron chi connectivity index (χ0n) is 13.5. The van der Waals surface area contributed by atoms with Crippen molar-refractivity contribution in [1.82, 2.24) is 4.98 Å². The van der Waals surface area contributed by atoms with Gasteiger partial charge >= 0.3 is 0 Å². The maximum atomic E-state index is 14.0. The number of hydrogen-bond acceptors (Lipinski definition) is 4. The lowest BCUT2D eigenvalue weighted by atomic mass is 9.97. The minimum Gasteiger partial charge on any atom is -0.485 e. The summed E-state index contributed by atoms with van der Waals surface area (Å²) in [6.07, 6.45) is 2.80. The number of pyridine rings is 1. The van der Waals surface area contributed by atoms with Crippen LogP contribution in [-0.4, -0.2) is 4.98 Å². The van der Waals surface area contributed by atoms with Gasteiger partial charge in [-0.15, -0.1) is 0 Å². The fourth-order valence-electron chi connectivity index (χ4n) is 2.96. The summed E-state index contributed by atoms with van der Waals surface area (Å²) in [5, 5.41) is 0. The van der Waals surface area contributed by atoms with Gasteiger partial charge in [-0.2, -0.15) is 0 Å². The fraction of sp³-hybridized carbons (Fsp3) is 0.150. The van der Waals surface area contributed by atoms with Gasteiger partial charge in [-0.25, -0.2) is 9.37 Å². The molecule has 4 nitrogen and oxygen atoms in total. The van der Waals surface area contributed by atoms with E-state index in [1.165, 1.54) is 6.07 Å². The van der Waals surface area contributed by atoms with E-state index in [-0.39, 0.29) is 11.9 Å². The standard InChI is InChI=1S/C20H17FN2O2/c21-17-4-2-1-3-16(17)19-8-5-13-11-15(7-9-18(13)25-19)24-20-10-6-14(22)12-23-20/h1-4,6-7,9-12,19H,5,8,22H2. The van der Waals surface area contributed by atoms with Crippen molar-refractivity contribution in [2.75, 3.05) is 5.73 Å². The number of nitrogens with two attached hydrogens (primary N) is 1. The number of nitrogen functional groups attached to an aromatic ring is 1. The van der Waals surface area contributed by atoms with Crippen molar-refractivity contribution in [3.8, 4) is 17.4 Å². The molecule has 1 unspecified atom stereocenters. The summed E-state index contributed by atoms with van der Waals surface area (Å²) in [5.74, 6) is 1.70. The average Bonchev–Trinajstić information content (AvgIpc) is 2.64. The molecule has 2 N–H and O–H groups in total. The predicted molar refractivity (Wildman–Crippen MR) is 93.3 cm³/mol. The third-order valence-corrected chi connectivity index (χ3v) is 4.21. The molecular formula is C20H17FN2O2. The summed E-state index contributed by atoms with van der Waals surface area (Å²) in [5.41, 5.74) is 7.85. The molecule has 1 aliphatic rings. The molecule has 0 bridgehead atoms. The van der Waals surface area contributed by atoms with E-state index in [4.69, 9.17) is 15.2 Å². The molecule has 1 aromatic heterocycles. The van der Waals surface area contributed by atoms with Crippen molar-refractivity contribution >= 4 is 5.69 Å². The average molecular weight is 336 g/mol. The van der Waals surface area contributed by atoms with Gasteiger partial charge in [-0.1, -0.05) is 18.2 Å². The molecule has 1 aliphatic heterocycles. The molecule has 0 saturated carbocycles. The number of hydrogen-bond donors (Lipinski definition) is 1. The van der Waals surface area contributed by atoms with Crippen LogP contribution in [-0.2, 0) is 6.42 Å². The van der Waals surface area contributed by atoms with Crippen LogP contribution in [0.2, 0.25) is 0 Å². The highest BCUT2D eigenvalue weighted by Gasteiger charge is 2.24. The summed E-state index contributed by atoms with van der Waals surface area (Å²) in [6, 6.07) is 15.8. The second kappa shape index (κ2) is 6.43. The summed E-state index contributed by atoms with van der Waals surface area (Å²) in [7, 11) is 0. The van der Waals surface area contributed by atoms with Crippen LogP contribution in [0.15, 0.2) is 60.8 Å². The molecule has 25 heavy (non-hydrogen) atoms. The highest BCUT2D eigenvalue weighted by atomic mass is 19.1. The zero-order chi connectivity index (χ0) is 17.2. The Bertz CT molecular complexity index is 896. The van der Waals surface area contributed by atoms with Crippen LogP contribution >= 0.6 is 0 Å². The van der Waals surface area contributed by atoms with Crippen LogP contribution in [0.3, 0.4) is 0 Å². The predicted octanol–water partition coefficient (Wildman–Crippen LogP) is 4.66. The lowest BCUT2D eigenvalue weighted by Gasteiger charge is -2.27. The zero-order valence-corrected chi connectivity index (χ0v) is 13.5. The number of benzene rings is 2. The Morgan fingerprint density at radius 2 is 2.00 bits per heavy atom. The number of nitrogens with zero attached hydrogens (tertiary/aromatic N) is 1. The molecule has 1 atom stereocenters. The van der Waals surface area contributed by atoms with E-state index in [1.54, 1.807) is 30.5 Å². The van der Waals surface area contributed by atoms with Crippen LogP contribution in [0.25, 0.3) is 0 Å². The Morgan fingerprint density at radius 1 is 1.12 bits per heavy atom. The molecule has 4 rings (SSSR count). The smallest absolute Gasteiger partial charge is 0.219 e. The normalized spacial score (nSPS) is 16.0. The van der Waals surface area contributed by atoms with E-state index in [9.17, 15) is 4.39 Å². The number of ether oxygens (including phenoxy) is 2. The topological polar surface area (TPSA) is 57.4 Å². The van der Waals surface area contributed by atoms with Crippen LogP contribution in [0, 0.1) is 5.82 Å². The molecule has 2 heterocycles. The van der Waals surface area contributed by atoms with Crippen molar-refractivity contribution in [3.63, 3.8) is 0 Å². The monoisotopic (exact) mass is 336 g/mol. The minimum atomic E-state index is -0.265. The largest absolute Gasteiger partial charge is 0.485 e. The Balaban J connectivity index is 1.53. The Hall–Kier alpha value is -3.08. The van der Waals surface area contributed by atoms with Crippen LogP contribution < -0.4 is 15.2 Å². The molecule has 3 aromatic rings. The number of anilines is 1. The first-order valence-electron chi connectivity index (χ1n) is 8.12. The SMILES string of the molecule is Nc1ccc(Oc2ccc3c(c2)CCC(c2ccccc2F)O3)nc1. The van der Waals surface area contributed by atoms with E-state index in [0.717, 1.165) is 24.2 Å². The summed E-state index contributed by atoms with van der Waals surface area (Å²) in [4.78, 5) is 4.13. The maximum Gasteiger partial charge on any atom is 0.219 e. The molecule has 126 valence electrons. The summed E-state index contributed by atoms with van der Waals surface area (Å²) >= 11 is 0. The third kappa shape index (κ3) is 3.26. The van der Waals surface area contributed by atoms with Crippen LogP contribution in [0.5, 0.6) is 17.4 Å². The summed E-state index contributed by atoms with van der Waals surface area (Å²) in [6.45, 7) is 0. The van der Waals surface area contributed by atoms with Gasteiger partial charge in [0, 0.05) is 11.6 Å². The maximum absolute atomic E-state index is 14.0. The van der Waals surface area contributed by atoms with E-state index in [1.807, 2.05) is 24.3 Å². The lowest BCUT2D eigenvalue weighted by Crippen LogP contribution is -2.16. The molecule has 0 radical (unpaired) electrons. The Labute approximate surface area is 145 Å². The number of aromatic nitrogens is 1. The number of halogens is 1. The molecule has 5 heteroatoms. The van der Waals surface area contributed by atoms with Gasteiger partial charge in [0.25, 0.3) is 0 Å². The summed E-state index contributed by atoms with van der Waals surface area (Å²) < 4.78 is 25.7. The van der Waals surface area contributed by atoms with Gasteiger partial charge in [0.05, 0.1) is 11.9 Å². The second-order valence-electron chi connectivity index (χ2n) is 5.97. The molecule has 0 spiro atoms. The van der Waals surface area contributed by atoms with Crippen molar-refractivity contribution in [3.05, 3.63) is 77.7 Å². The van der Waals surface area contributed by atoms with E-state index >= 15 is 0 Å². The highest BCUT2D eigenvalue weighted by Crippen LogP contribution is 2.38. The van der Waals surface area contributed by atoms with Gasteiger partial charge in [-0.3, -0.25) is 0 Å². The second-order valence-corrected chi connectivity index (χ2v) is 5.97. The van der Waals surface area contributed by atoms with Gasteiger partial charge in [0.15, 0.2) is 0 Å². The number of rotatable bonds is 3. The van der Waals surface area contributed by atoms with Gasteiger partial charge in [0.2, 0.25) is 5.88 Å². The first-order valence-corrected chi connectivity index (χ1v) is 8.12. The van der Waals surface area contributed by atoms with Crippen molar-refractivity contribution in [2.45, 2.75) is 18.9 Å². The third-order valence-electron chi connectivity index (χ3n) is 4.21. The van der Waals surface area contributed by atoms with Gasteiger partial charge in [0.1, 0.15) is 23.4 Å². The van der Waals surface area contributed by atoms with E-state index in [0.29, 0.717) is 22.9 Å². The molecular weight excluding hydrogens is 319 g/mol. The molecule has 0 aliphatic carbocycles. The number of aryl methyl sites for hydroxylation is 1. The van der Waals surface area contributed by atoms with E-state index < -0.39 is 0 Å². The van der Waals surface area contributed by atoms with Crippen LogP contribution in [0.4, 0.5) is 10.1 Å². The Morgan fingerprint density at radius 3 is 2.80 bits per heavy atom. The highest BCUT2D eigenvalue weighted by molar-refractivity contribution is 5.44. The first kappa shape index (κ1) is 15.4. The van der Waals surface area contributed by atoms with E-state index in [2.05, 4.69) is 4.98 Å². The lowest BCUT2D eigenvalue weighted by molar-refractivity contribution is 0.172. The molecule has 2 aromatic carbocycles. The molecule has 0 saturated heterocycles. The van der Waals surface area contributed by atoms with Gasteiger partial charge in [-0.05, 0) is 48.7 Å².